The third kappa shape index (κ3) is 8.91. The molecule has 7 nitrogen and oxygen atoms in total. The molecule has 0 aliphatic heterocycles. The molecule has 1 aromatic heterocycles. The smallest absolute Gasteiger partial charge is 0.442 e. The van der Waals surface area contributed by atoms with Gasteiger partial charge in [0.15, 0.2) is 0 Å². The van der Waals surface area contributed by atoms with Crippen LogP contribution in [0.3, 0.4) is 0 Å². The predicted octanol–water partition coefficient (Wildman–Crippen LogP) is 6.91. The summed E-state index contributed by atoms with van der Waals surface area (Å²) in [7, 11) is 0. The third-order valence-electron chi connectivity index (χ3n) is 5.45. The van der Waals surface area contributed by atoms with Gasteiger partial charge in [0.25, 0.3) is 0 Å². The average molecular weight is 575 g/mol. The molecular weight excluding hydrogens is 537 g/mol. The molecule has 210 valence electrons. The summed E-state index contributed by atoms with van der Waals surface area (Å²) in [5, 5.41) is 4.71. The van der Waals surface area contributed by atoms with Gasteiger partial charge in [0.1, 0.15) is 12.4 Å². The van der Waals surface area contributed by atoms with Crippen LogP contribution in [0.5, 0.6) is 5.75 Å². The van der Waals surface area contributed by atoms with Gasteiger partial charge in [-0.2, -0.15) is 4.68 Å². The fourth-order valence-electron chi connectivity index (χ4n) is 3.34. The summed E-state index contributed by atoms with van der Waals surface area (Å²) in [6, 6.07) is 13.3. The maximum atomic E-state index is 12.3. The predicted molar refractivity (Wildman–Crippen MR) is 157 cm³/mol. The molecule has 0 aliphatic carbocycles. The van der Waals surface area contributed by atoms with Crippen LogP contribution in [0.2, 0.25) is 10.0 Å². The molecular formula is C30H37Cl2N3O4. The highest BCUT2D eigenvalue weighted by molar-refractivity contribution is 6.36. The maximum Gasteiger partial charge on any atom is 0.442 e. The van der Waals surface area contributed by atoms with Crippen molar-refractivity contribution in [3.8, 4) is 23.8 Å². The molecule has 0 N–H and O–H groups in total. The van der Waals surface area contributed by atoms with Crippen molar-refractivity contribution in [1.82, 2.24) is 14.7 Å². The number of carbonyl (C=O) groups excluding carboxylic acids is 1. The van der Waals surface area contributed by atoms with Crippen molar-refractivity contribution >= 4 is 29.1 Å². The van der Waals surface area contributed by atoms with E-state index >= 15 is 0 Å². The van der Waals surface area contributed by atoms with Gasteiger partial charge in [-0.1, -0.05) is 101 Å². The molecule has 3 aromatic rings. The largest absolute Gasteiger partial charge is 0.479 e. The molecule has 0 bridgehead atoms. The SMILES string of the molecule is C#CCOc1cc(-n2nc(C(C)(C)C)oc2=O)c(Cl)cc1Cl.CC(C)N(Cc1ccccc1)C(=O)C(C)(C)C. The molecule has 0 fully saturated rings. The zero-order chi connectivity index (χ0) is 29.5. The molecule has 0 atom stereocenters. The zero-order valence-corrected chi connectivity index (χ0v) is 25.4. The first-order valence-electron chi connectivity index (χ1n) is 12.6. The second-order valence-corrected chi connectivity index (χ2v) is 12.1. The highest BCUT2D eigenvalue weighted by Crippen LogP contribution is 2.33. The molecule has 0 saturated carbocycles. The van der Waals surface area contributed by atoms with E-state index in [-0.39, 0.29) is 34.0 Å². The molecule has 1 amide bonds. The van der Waals surface area contributed by atoms with Gasteiger partial charge < -0.3 is 14.1 Å². The van der Waals surface area contributed by atoms with Crippen molar-refractivity contribution < 1.29 is 13.9 Å². The van der Waals surface area contributed by atoms with Crippen LogP contribution >= 0.6 is 23.2 Å². The first kappa shape index (κ1) is 32.0. The summed E-state index contributed by atoms with van der Waals surface area (Å²) in [6.45, 7) is 16.4. The minimum Gasteiger partial charge on any atom is -0.479 e. The fraction of sp³-hybridized carbons (Fsp3) is 0.433. The Morgan fingerprint density at radius 1 is 1.10 bits per heavy atom. The summed E-state index contributed by atoms with van der Waals surface area (Å²) in [4.78, 5) is 26.3. The Hall–Kier alpha value is -3.21. The molecule has 9 heteroatoms. The van der Waals surface area contributed by atoms with Crippen LogP contribution in [0.15, 0.2) is 51.7 Å². The van der Waals surface area contributed by atoms with Gasteiger partial charge in [-0.15, -0.1) is 11.5 Å². The van der Waals surface area contributed by atoms with Crippen LogP contribution in [0.4, 0.5) is 0 Å². The Morgan fingerprint density at radius 3 is 2.21 bits per heavy atom. The van der Waals surface area contributed by atoms with Gasteiger partial charge in [0, 0.05) is 29.5 Å². The Kier molecular flexibility index (Phi) is 10.9. The highest BCUT2D eigenvalue weighted by atomic mass is 35.5. The van der Waals surface area contributed by atoms with Crippen LogP contribution in [-0.2, 0) is 16.8 Å². The van der Waals surface area contributed by atoms with E-state index in [1.54, 1.807) is 0 Å². The second-order valence-electron chi connectivity index (χ2n) is 11.3. The van der Waals surface area contributed by atoms with Crippen LogP contribution in [0.25, 0.3) is 5.69 Å². The van der Waals surface area contributed by atoms with Crippen molar-refractivity contribution in [2.75, 3.05) is 6.61 Å². The number of benzene rings is 2. The van der Waals surface area contributed by atoms with E-state index in [1.807, 2.05) is 64.6 Å². The lowest BCUT2D eigenvalue weighted by Crippen LogP contribution is -2.43. The topological polar surface area (TPSA) is 77.6 Å². The summed E-state index contributed by atoms with van der Waals surface area (Å²) in [5.41, 5.74) is 0.756. The first-order chi connectivity index (χ1) is 18.1. The fourth-order valence-corrected chi connectivity index (χ4v) is 3.86. The van der Waals surface area contributed by atoms with E-state index in [2.05, 4.69) is 37.0 Å². The quantitative estimate of drug-likeness (QED) is 0.299. The van der Waals surface area contributed by atoms with E-state index in [9.17, 15) is 9.59 Å². The number of hydrogen-bond donors (Lipinski definition) is 0. The summed E-state index contributed by atoms with van der Waals surface area (Å²) < 4.78 is 11.6. The van der Waals surface area contributed by atoms with Crippen molar-refractivity contribution in [2.24, 2.45) is 5.41 Å². The van der Waals surface area contributed by atoms with Gasteiger partial charge in [0.05, 0.1) is 15.7 Å². The monoisotopic (exact) mass is 573 g/mol. The highest BCUT2D eigenvalue weighted by Gasteiger charge is 2.29. The normalized spacial score (nSPS) is 11.4. The summed E-state index contributed by atoms with van der Waals surface area (Å²) >= 11 is 12.2. The number of hydrogen-bond acceptors (Lipinski definition) is 5. The maximum absolute atomic E-state index is 12.3. The van der Waals surface area contributed by atoms with E-state index in [0.717, 1.165) is 4.68 Å². The lowest BCUT2D eigenvalue weighted by atomic mass is 9.93. The van der Waals surface area contributed by atoms with E-state index in [0.29, 0.717) is 23.9 Å². The van der Waals surface area contributed by atoms with Crippen LogP contribution in [0, 0.1) is 17.8 Å². The second kappa shape index (κ2) is 13.2. The van der Waals surface area contributed by atoms with E-state index in [4.69, 9.17) is 38.8 Å². The van der Waals surface area contributed by atoms with Crippen molar-refractivity contribution in [3.63, 3.8) is 0 Å². The van der Waals surface area contributed by atoms with Gasteiger partial charge in [-0.25, -0.2) is 4.79 Å². The van der Waals surface area contributed by atoms with Crippen LogP contribution < -0.4 is 10.5 Å². The van der Waals surface area contributed by atoms with Crippen molar-refractivity contribution in [1.29, 1.82) is 0 Å². The molecule has 2 aromatic carbocycles. The van der Waals surface area contributed by atoms with Crippen LogP contribution in [-0.4, -0.2) is 33.2 Å². The number of carbonyl (C=O) groups is 1. The Bertz CT molecular complexity index is 1360. The molecule has 39 heavy (non-hydrogen) atoms. The van der Waals surface area contributed by atoms with Gasteiger partial charge in [-0.3, -0.25) is 4.79 Å². The lowest BCUT2D eigenvalue weighted by molar-refractivity contribution is -0.142. The summed E-state index contributed by atoms with van der Waals surface area (Å²) in [6.07, 6.45) is 5.15. The van der Waals surface area contributed by atoms with E-state index in [1.165, 1.54) is 17.7 Å². The first-order valence-corrected chi connectivity index (χ1v) is 13.3. The lowest BCUT2D eigenvalue weighted by Gasteiger charge is -2.32. The standard InChI is InChI=1S/C15H14Cl2N2O3.C15H23NO/c1-5-6-21-12-8-11(9(16)7-10(12)17)19-14(20)22-13(18-19)15(2,3)4;1-12(2)16(14(17)15(3,4)5)11-13-9-7-6-8-10-13/h1,7-8H,6H2,2-4H3;6-10,12H,11H2,1-5H3. The number of rotatable bonds is 6. The molecule has 0 radical (unpaired) electrons. The van der Waals surface area contributed by atoms with E-state index < -0.39 is 11.2 Å². The molecule has 3 rings (SSSR count). The third-order valence-corrected chi connectivity index (χ3v) is 6.05. The number of terminal acetylenes is 1. The van der Waals surface area contributed by atoms with Crippen molar-refractivity contribution in [2.45, 2.75) is 73.4 Å². The average Bonchev–Trinajstić information content (AvgIpc) is 3.24. The Balaban J connectivity index is 0.000000283. The van der Waals surface area contributed by atoms with Crippen LogP contribution in [0.1, 0.15) is 66.8 Å². The number of aromatic nitrogens is 2. The Labute approximate surface area is 241 Å². The zero-order valence-electron chi connectivity index (χ0n) is 23.8. The minimum atomic E-state index is -0.642. The molecule has 0 saturated heterocycles. The molecule has 0 spiro atoms. The van der Waals surface area contributed by atoms with Crippen molar-refractivity contribution in [3.05, 3.63) is 74.5 Å². The summed E-state index contributed by atoms with van der Waals surface area (Å²) in [5.74, 6) is 2.51. The molecule has 0 unspecified atom stereocenters. The number of amides is 1. The Morgan fingerprint density at radius 2 is 1.72 bits per heavy atom. The van der Waals surface area contributed by atoms with Gasteiger partial charge in [-0.05, 0) is 25.5 Å². The van der Waals surface area contributed by atoms with Gasteiger partial charge >= 0.3 is 5.76 Å². The molecule has 1 heterocycles. The number of halogens is 2. The molecule has 0 aliphatic rings. The minimum absolute atomic E-state index is 0.0434. The number of nitrogens with zero attached hydrogens (tertiary/aromatic N) is 3. The van der Waals surface area contributed by atoms with Gasteiger partial charge in [0.2, 0.25) is 11.8 Å². The number of ether oxygens (including phenoxy) is 1.